The number of nitrogens with one attached hydrogen (secondary N) is 1. The van der Waals surface area contributed by atoms with Gasteiger partial charge in [0.15, 0.2) is 0 Å². The fraction of sp³-hybridized carbons (Fsp3) is 0. The van der Waals surface area contributed by atoms with Gasteiger partial charge in [-0.3, -0.25) is 5.84 Å². The maximum atomic E-state index is 12.4. The molecule has 4 N–H and O–H groups in total. The lowest BCUT2D eigenvalue weighted by molar-refractivity contribution is 0.469. The third-order valence-electron chi connectivity index (χ3n) is 1.05. The van der Waals surface area contributed by atoms with Gasteiger partial charge in [0.1, 0.15) is 11.6 Å². The first-order valence-corrected chi connectivity index (χ1v) is 2.68. The maximum Gasteiger partial charge on any atom is 0.128 e. The minimum Gasteiger partial charge on any atom is -0.508 e. The Hall–Kier alpha value is -1.29. The molecule has 10 heavy (non-hydrogen) atoms. The fourth-order valence-electron chi connectivity index (χ4n) is 0.657. The van der Waals surface area contributed by atoms with Crippen molar-refractivity contribution in [2.75, 3.05) is 5.43 Å². The molecule has 0 bridgehead atoms. The predicted octanol–water partition coefficient (Wildman–Crippen LogP) is 0.817. The van der Waals surface area contributed by atoms with Gasteiger partial charge in [0.05, 0.1) is 5.69 Å². The lowest BCUT2D eigenvalue weighted by atomic mass is 10.3. The molecule has 1 aromatic rings. The van der Waals surface area contributed by atoms with Crippen LogP contribution in [0.3, 0.4) is 0 Å². The van der Waals surface area contributed by atoms with Gasteiger partial charge in [-0.1, -0.05) is 0 Å². The van der Waals surface area contributed by atoms with Crippen LogP contribution in [0.2, 0.25) is 0 Å². The van der Waals surface area contributed by atoms with Gasteiger partial charge < -0.3 is 10.5 Å². The predicted molar refractivity (Wildman–Crippen MR) is 35.9 cm³/mol. The molecular formula is C6H7FN2O. The Balaban J connectivity index is 3.06. The number of benzene rings is 1. The van der Waals surface area contributed by atoms with Gasteiger partial charge in [-0.15, -0.1) is 0 Å². The van der Waals surface area contributed by atoms with Gasteiger partial charge in [-0.2, -0.15) is 0 Å². The van der Waals surface area contributed by atoms with E-state index >= 15 is 0 Å². The van der Waals surface area contributed by atoms with E-state index in [1.807, 2.05) is 0 Å². The van der Waals surface area contributed by atoms with Crippen molar-refractivity contribution >= 4 is 5.69 Å². The number of hydrazine groups is 1. The van der Waals surface area contributed by atoms with Crippen molar-refractivity contribution in [1.29, 1.82) is 0 Å². The van der Waals surface area contributed by atoms with Gasteiger partial charge in [-0.05, 0) is 6.07 Å². The lowest BCUT2D eigenvalue weighted by Crippen LogP contribution is -2.06. The molecule has 0 amide bonds. The number of phenolic OH excluding ortho intramolecular Hbond substituents is 1. The maximum absolute atomic E-state index is 12.4. The molecule has 0 heterocycles. The van der Waals surface area contributed by atoms with Gasteiger partial charge >= 0.3 is 0 Å². The second-order valence-electron chi connectivity index (χ2n) is 1.84. The van der Waals surface area contributed by atoms with Gasteiger partial charge in [-0.25, -0.2) is 4.39 Å². The van der Waals surface area contributed by atoms with E-state index in [1.165, 1.54) is 12.1 Å². The molecule has 1 aromatic carbocycles. The van der Waals surface area contributed by atoms with Crippen LogP contribution < -0.4 is 11.3 Å². The number of nitrogen functional groups attached to an aromatic ring is 1. The molecular weight excluding hydrogens is 135 g/mol. The summed E-state index contributed by atoms with van der Waals surface area (Å²) >= 11 is 0. The highest BCUT2D eigenvalue weighted by Crippen LogP contribution is 2.17. The number of anilines is 1. The van der Waals surface area contributed by atoms with E-state index in [4.69, 9.17) is 10.9 Å². The summed E-state index contributed by atoms with van der Waals surface area (Å²) < 4.78 is 12.4. The zero-order valence-corrected chi connectivity index (χ0v) is 5.13. The van der Waals surface area contributed by atoms with Crippen molar-refractivity contribution in [2.45, 2.75) is 0 Å². The van der Waals surface area contributed by atoms with Crippen molar-refractivity contribution in [3.8, 4) is 5.75 Å². The molecule has 0 aromatic heterocycles. The highest BCUT2D eigenvalue weighted by atomic mass is 19.1. The average molecular weight is 142 g/mol. The Morgan fingerprint density at radius 3 is 2.60 bits per heavy atom. The van der Waals surface area contributed by atoms with Crippen LogP contribution in [-0.4, -0.2) is 5.11 Å². The SMILES string of the molecule is NNc1cc(O)cc(F)c1. The second kappa shape index (κ2) is 2.53. The molecule has 0 saturated carbocycles. The number of aromatic hydroxyl groups is 1. The first-order chi connectivity index (χ1) is 4.72. The molecule has 0 aliphatic carbocycles. The number of hydrogen-bond acceptors (Lipinski definition) is 3. The molecule has 3 nitrogen and oxygen atoms in total. The van der Waals surface area contributed by atoms with Crippen LogP contribution in [0.4, 0.5) is 10.1 Å². The molecule has 0 aliphatic rings. The number of phenols is 1. The Morgan fingerprint density at radius 1 is 1.40 bits per heavy atom. The smallest absolute Gasteiger partial charge is 0.128 e. The molecule has 54 valence electrons. The van der Waals surface area contributed by atoms with E-state index in [2.05, 4.69) is 5.43 Å². The van der Waals surface area contributed by atoms with Crippen LogP contribution in [0, 0.1) is 5.82 Å². The van der Waals surface area contributed by atoms with Crippen LogP contribution in [-0.2, 0) is 0 Å². The van der Waals surface area contributed by atoms with E-state index < -0.39 is 5.82 Å². The summed E-state index contributed by atoms with van der Waals surface area (Å²) in [4.78, 5) is 0. The quantitative estimate of drug-likeness (QED) is 0.402. The molecule has 0 radical (unpaired) electrons. The molecule has 4 heteroatoms. The molecule has 0 aliphatic heterocycles. The second-order valence-corrected chi connectivity index (χ2v) is 1.84. The molecule has 0 unspecified atom stereocenters. The Labute approximate surface area is 57.3 Å². The first-order valence-electron chi connectivity index (χ1n) is 2.68. The Kier molecular flexibility index (Phi) is 1.73. The highest BCUT2D eigenvalue weighted by molar-refractivity contribution is 5.46. The van der Waals surface area contributed by atoms with Gasteiger partial charge in [0.2, 0.25) is 0 Å². The summed E-state index contributed by atoms with van der Waals surface area (Å²) in [6, 6.07) is 3.50. The Bertz CT molecular complexity index is 219. The van der Waals surface area contributed by atoms with E-state index in [9.17, 15) is 4.39 Å². The topological polar surface area (TPSA) is 58.3 Å². The van der Waals surface area contributed by atoms with Crippen molar-refractivity contribution < 1.29 is 9.50 Å². The van der Waals surface area contributed by atoms with E-state index in [-0.39, 0.29) is 5.75 Å². The number of halogens is 1. The van der Waals surface area contributed by atoms with Crippen molar-refractivity contribution in [3.05, 3.63) is 24.0 Å². The average Bonchev–Trinajstić information content (AvgIpc) is 1.85. The van der Waals surface area contributed by atoms with Crippen molar-refractivity contribution in [3.63, 3.8) is 0 Å². The summed E-state index contributed by atoms with van der Waals surface area (Å²) in [7, 11) is 0. The fourth-order valence-corrected chi connectivity index (χ4v) is 0.657. The van der Waals surface area contributed by atoms with Gasteiger partial charge in [0, 0.05) is 12.1 Å². The van der Waals surface area contributed by atoms with Gasteiger partial charge in [0.25, 0.3) is 0 Å². The van der Waals surface area contributed by atoms with Crippen LogP contribution >= 0.6 is 0 Å². The van der Waals surface area contributed by atoms with Crippen molar-refractivity contribution in [1.82, 2.24) is 0 Å². The zero-order chi connectivity index (χ0) is 7.56. The van der Waals surface area contributed by atoms with E-state index in [0.29, 0.717) is 5.69 Å². The zero-order valence-electron chi connectivity index (χ0n) is 5.13. The standard InChI is InChI=1S/C6H7FN2O/c7-4-1-5(9-8)3-6(10)2-4/h1-3,9-10H,8H2. The molecule has 0 saturated heterocycles. The first kappa shape index (κ1) is 6.82. The van der Waals surface area contributed by atoms with Crippen LogP contribution in [0.25, 0.3) is 0 Å². The normalized spacial score (nSPS) is 9.40. The Morgan fingerprint density at radius 2 is 2.10 bits per heavy atom. The molecule has 1 rings (SSSR count). The monoisotopic (exact) mass is 142 g/mol. The molecule has 0 atom stereocenters. The van der Waals surface area contributed by atoms with Crippen LogP contribution in [0.1, 0.15) is 0 Å². The summed E-state index contributed by atoms with van der Waals surface area (Å²) in [5.41, 5.74) is 2.55. The molecule has 0 fully saturated rings. The summed E-state index contributed by atoms with van der Waals surface area (Å²) in [6.45, 7) is 0. The van der Waals surface area contributed by atoms with E-state index in [1.54, 1.807) is 0 Å². The third-order valence-corrected chi connectivity index (χ3v) is 1.05. The summed E-state index contributed by atoms with van der Waals surface area (Å²) in [5.74, 6) is 4.29. The highest BCUT2D eigenvalue weighted by Gasteiger charge is 1.95. The van der Waals surface area contributed by atoms with E-state index in [0.717, 1.165) is 6.07 Å². The summed E-state index contributed by atoms with van der Waals surface area (Å²) in [5, 5.41) is 8.79. The summed E-state index contributed by atoms with van der Waals surface area (Å²) in [6.07, 6.45) is 0. The number of hydrogen-bond donors (Lipinski definition) is 3. The van der Waals surface area contributed by atoms with Crippen LogP contribution in [0.15, 0.2) is 18.2 Å². The van der Waals surface area contributed by atoms with Crippen molar-refractivity contribution in [2.24, 2.45) is 5.84 Å². The third kappa shape index (κ3) is 1.35. The minimum atomic E-state index is -0.520. The minimum absolute atomic E-state index is 0.145. The molecule has 0 spiro atoms. The number of nitrogens with two attached hydrogens (primary N) is 1. The van der Waals surface area contributed by atoms with Crippen LogP contribution in [0.5, 0.6) is 5.75 Å². The largest absolute Gasteiger partial charge is 0.508 e. The lowest BCUT2D eigenvalue weighted by Gasteiger charge is -1.99. The number of rotatable bonds is 1.